The first-order chi connectivity index (χ1) is 13.7. The van der Waals surface area contributed by atoms with Gasteiger partial charge in [0.1, 0.15) is 0 Å². The maximum atomic E-state index is 5.61. The minimum Gasteiger partial charge on any atom is -0.490 e. The van der Waals surface area contributed by atoms with E-state index < -0.39 is 0 Å². The molecule has 0 aliphatic heterocycles. The summed E-state index contributed by atoms with van der Waals surface area (Å²) in [6.07, 6.45) is 5.25. The van der Waals surface area contributed by atoms with Crippen LogP contribution in [0.4, 0.5) is 0 Å². The third-order valence-corrected chi connectivity index (χ3v) is 4.99. The maximum absolute atomic E-state index is 5.61. The van der Waals surface area contributed by atoms with Gasteiger partial charge in [-0.25, -0.2) is 4.98 Å². The Kier molecular flexibility index (Phi) is 5.18. The molecule has 0 unspecified atom stereocenters. The van der Waals surface area contributed by atoms with E-state index >= 15 is 0 Å². The zero-order valence-electron chi connectivity index (χ0n) is 16.0. The van der Waals surface area contributed by atoms with Gasteiger partial charge in [0.15, 0.2) is 6.39 Å². The average molecular weight is 557 g/mol. The summed E-state index contributed by atoms with van der Waals surface area (Å²) < 4.78 is 7.71. The normalized spacial score (nSPS) is 10.8. The van der Waals surface area contributed by atoms with Crippen molar-refractivity contribution < 1.29 is 24.5 Å². The van der Waals surface area contributed by atoms with Crippen molar-refractivity contribution in [2.75, 3.05) is 0 Å². The molecule has 145 valence electrons. The van der Waals surface area contributed by atoms with Crippen molar-refractivity contribution in [3.8, 4) is 28.2 Å². The summed E-state index contributed by atoms with van der Waals surface area (Å²) in [5, 5.41) is 0. The zero-order valence-corrected chi connectivity index (χ0v) is 18.4. The molecule has 0 bridgehead atoms. The van der Waals surface area contributed by atoms with Crippen molar-refractivity contribution in [1.29, 1.82) is 0 Å². The molecule has 0 atom stereocenters. The first-order valence-electron chi connectivity index (χ1n) is 9.17. The predicted molar refractivity (Wildman–Crippen MR) is 110 cm³/mol. The molecule has 0 aliphatic carbocycles. The molecule has 2 heterocycles. The molecule has 0 fully saturated rings. The van der Waals surface area contributed by atoms with Crippen LogP contribution in [0.15, 0.2) is 77.8 Å². The molecule has 0 amide bonds. The average Bonchev–Trinajstić information content (AvgIpc) is 3.37. The van der Waals surface area contributed by atoms with Gasteiger partial charge in [0, 0.05) is 43.7 Å². The Morgan fingerprint density at radius 2 is 1.69 bits per heavy atom. The first kappa shape index (κ1) is 19.3. The third-order valence-electron chi connectivity index (χ3n) is 4.99. The number of rotatable bonds is 3. The number of aromatic nitrogens is 3. The second-order valence-corrected chi connectivity index (χ2v) is 6.86. The van der Waals surface area contributed by atoms with Gasteiger partial charge < -0.3 is 8.98 Å². The van der Waals surface area contributed by atoms with Crippen LogP contribution in [0.2, 0.25) is 0 Å². The molecule has 2 aromatic heterocycles. The molecule has 5 aromatic rings. The molecule has 0 spiro atoms. The molecule has 0 saturated carbocycles. The van der Waals surface area contributed by atoms with Crippen LogP contribution in [0.25, 0.3) is 39.3 Å². The molecule has 3 aromatic carbocycles. The van der Waals surface area contributed by atoms with Gasteiger partial charge in [-0.1, -0.05) is 35.9 Å². The fraction of sp³-hybridized carbons (Fsp3) is 0.0833. The van der Waals surface area contributed by atoms with Crippen molar-refractivity contribution in [1.82, 2.24) is 14.5 Å². The van der Waals surface area contributed by atoms with E-state index in [-0.39, 0.29) is 20.1 Å². The minimum absolute atomic E-state index is 0. The van der Waals surface area contributed by atoms with Crippen molar-refractivity contribution in [2.45, 2.75) is 13.8 Å². The fourth-order valence-corrected chi connectivity index (χ4v) is 3.80. The quantitative estimate of drug-likeness (QED) is 0.266. The van der Waals surface area contributed by atoms with Crippen LogP contribution in [0.3, 0.4) is 0 Å². The van der Waals surface area contributed by atoms with Crippen molar-refractivity contribution >= 4 is 11.1 Å². The monoisotopic (exact) mass is 557 g/mol. The molecular formula is C24H18IrN3O-. The second-order valence-electron chi connectivity index (χ2n) is 6.86. The third kappa shape index (κ3) is 3.33. The Morgan fingerprint density at radius 3 is 2.45 bits per heavy atom. The van der Waals surface area contributed by atoms with Gasteiger partial charge in [-0.2, -0.15) is 0 Å². The number of aryl methyl sites for hydroxylation is 2. The smallest absolute Gasteiger partial charge is 0.169 e. The second kappa shape index (κ2) is 7.78. The number of nitrogens with zero attached hydrogens (tertiary/aromatic N) is 3. The Morgan fingerprint density at radius 1 is 0.931 bits per heavy atom. The number of benzene rings is 3. The van der Waals surface area contributed by atoms with E-state index in [4.69, 9.17) is 4.42 Å². The number of hydrogen-bond donors (Lipinski definition) is 0. The van der Waals surface area contributed by atoms with Crippen molar-refractivity contribution in [3.63, 3.8) is 0 Å². The van der Waals surface area contributed by atoms with E-state index in [0.717, 1.165) is 22.6 Å². The van der Waals surface area contributed by atoms with Gasteiger partial charge in [-0.3, -0.25) is 4.98 Å². The van der Waals surface area contributed by atoms with Gasteiger partial charge in [0.2, 0.25) is 0 Å². The summed E-state index contributed by atoms with van der Waals surface area (Å²) in [7, 11) is 0. The Bertz CT molecular complexity index is 1260. The standard InChI is InChI=1S/C24H18N3O.Ir/c1-16-13-19(18-7-4-3-5-8-18)14-17(2)22(16)27-12-11-25-24(27)20-9-6-10-21-23(20)28-15-26-21;/h3-8,10-15H,1-2H3;/q-1;. The van der Waals surface area contributed by atoms with Crippen molar-refractivity contribution in [2.24, 2.45) is 0 Å². The van der Waals surface area contributed by atoms with Crippen LogP contribution in [0.1, 0.15) is 11.1 Å². The fourth-order valence-electron chi connectivity index (χ4n) is 3.80. The number of imidazole rings is 1. The summed E-state index contributed by atoms with van der Waals surface area (Å²) >= 11 is 0. The van der Waals surface area contributed by atoms with Crippen LogP contribution in [0.5, 0.6) is 0 Å². The molecule has 5 heteroatoms. The number of hydrogen-bond acceptors (Lipinski definition) is 3. The van der Waals surface area contributed by atoms with Crippen LogP contribution in [0, 0.1) is 19.9 Å². The Labute approximate surface area is 182 Å². The molecule has 4 nitrogen and oxygen atoms in total. The molecule has 1 radical (unpaired) electrons. The molecule has 29 heavy (non-hydrogen) atoms. The molecule has 5 rings (SSSR count). The van der Waals surface area contributed by atoms with E-state index in [1.807, 2.05) is 30.6 Å². The van der Waals surface area contributed by atoms with Crippen LogP contribution < -0.4 is 0 Å². The summed E-state index contributed by atoms with van der Waals surface area (Å²) in [6.45, 7) is 4.27. The maximum Gasteiger partial charge on any atom is 0.169 e. The molecular weight excluding hydrogens is 539 g/mol. The summed E-state index contributed by atoms with van der Waals surface area (Å²) in [6, 6.07) is 21.9. The van der Waals surface area contributed by atoms with Gasteiger partial charge >= 0.3 is 0 Å². The van der Waals surface area contributed by atoms with Crippen LogP contribution in [-0.2, 0) is 20.1 Å². The van der Waals surface area contributed by atoms with Gasteiger partial charge in [-0.15, -0.1) is 18.2 Å². The predicted octanol–water partition coefficient (Wildman–Crippen LogP) is 5.76. The van der Waals surface area contributed by atoms with E-state index in [2.05, 4.69) is 70.8 Å². The molecule has 0 aliphatic rings. The summed E-state index contributed by atoms with van der Waals surface area (Å²) in [5.74, 6) is 0.793. The largest absolute Gasteiger partial charge is 0.490 e. The molecule has 0 N–H and O–H groups in total. The van der Waals surface area contributed by atoms with E-state index in [1.165, 1.54) is 28.6 Å². The van der Waals surface area contributed by atoms with Crippen molar-refractivity contribution in [3.05, 3.63) is 90.6 Å². The van der Waals surface area contributed by atoms with Gasteiger partial charge in [-0.05, 0) is 48.2 Å². The SMILES string of the molecule is Cc1cc(-c2ccccc2)cc(C)c1-n1ccnc1-c1[c-]ccc2ncoc12.[Ir]. The Hall–Kier alpha value is -3.01. The zero-order chi connectivity index (χ0) is 19.1. The van der Waals surface area contributed by atoms with E-state index in [9.17, 15) is 0 Å². The Balaban J connectivity index is 0.00000205. The van der Waals surface area contributed by atoms with Gasteiger partial charge in [0.05, 0.1) is 11.4 Å². The van der Waals surface area contributed by atoms with Gasteiger partial charge in [0.25, 0.3) is 0 Å². The number of fused-ring (bicyclic) bond motifs is 1. The van der Waals surface area contributed by atoms with E-state index in [0.29, 0.717) is 5.58 Å². The number of oxazole rings is 1. The first-order valence-corrected chi connectivity index (χ1v) is 9.17. The van der Waals surface area contributed by atoms with Crippen LogP contribution >= 0.6 is 0 Å². The summed E-state index contributed by atoms with van der Waals surface area (Å²) in [5.41, 5.74) is 8.23. The van der Waals surface area contributed by atoms with Crippen LogP contribution in [-0.4, -0.2) is 14.5 Å². The van der Waals surface area contributed by atoms with E-state index in [1.54, 1.807) is 0 Å². The minimum atomic E-state index is 0. The topological polar surface area (TPSA) is 43.9 Å². The molecule has 0 saturated heterocycles. The summed E-state index contributed by atoms with van der Waals surface area (Å²) in [4.78, 5) is 8.85.